The Morgan fingerprint density at radius 2 is 2.07 bits per heavy atom. The second-order valence-electron chi connectivity index (χ2n) is 7.42. The molecule has 1 aromatic heterocycles. The normalized spacial score (nSPS) is 14.3. The lowest BCUT2D eigenvalue weighted by molar-refractivity contribution is 0.248. The van der Waals surface area contributed by atoms with Gasteiger partial charge in [0.1, 0.15) is 11.9 Å². The Labute approximate surface area is 166 Å². The van der Waals surface area contributed by atoms with E-state index in [1.807, 2.05) is 31.2 Å². The van der Waals surface area contributed by atoms with E-state index in [1.54, 1.807) is 0 Å². The number of nitriles is 1. The zero-order chi connectivity index (χ0) is 19.9. The van der Waals surface area contributed by atoms with Crippen molar-refractivity contribution < 1.29 is 9.47 Å². The van der Waals surface area contributed by atoms with Gasteiger partial charge in [-0.3, -0.25) is 0 Å². The molecule has 0 fully saturated rings. The number of hydrogen-bond donors (Lipinski definition) is 0. The van der Waals surface area contributed by atoms with Crippen LogP contribution in [-0.2, 0) is 13.0 Å². The Balaban J connectivity index is 1.91. The summed E-state index contributed by atoms with van der Waals surface area (Å²) in [6, 6.07) is 8.05. The summed E-state index contributed by atoms with van der Waals surface area (Å²) < 4.78 is 13.7. The molecule has 0 N–H and O–H groups in total. The fourth-order valence-corrected chi connectivity index (χ4v) is 3.26. The summed E-state index contributed by atoms with van der Waals surface area (Å²) in [7, 11) is 0. The van der Waals surface area contributed by atoms with Gasteiger partial charge in [-0.1, -0.05) is 26.3 Å². The quantitative estimate of drug-likeness (QED) is 0.661. The van der Waals surface area contributed by atoms with Crippen molar-refractivity contribution in [3.63, 3.8) is 0 Å². The van der Waals surface area contributed by atoms with Crippen LogP contribution in [0.25, 0.3) is 11.6 Å². The van der Waals surface area contributed by atoms with E-state index < -0.39 is 0 Å². The van der Waals surface area contributed by atoms with E-state index >= 15 is 0 Å². The third kappa shape index (κ3) is 4.72. The van der Waals surface area contributed by atoms with Crippen molar-refractivity contribution in [3.05, 3.63) is 35.4 Å². The van der Waals surface area contributed by atoms with Crippen molar-refractivity contribution in [2.75, 3.05) is 13.2 Å². The zero-order valence-corrected chi connectivity index (χ0v) is 16.9. The topological polar surface area (TPSA) is 73.0 Å². The Bertz CT molecular complexity index is 877. The zero-order valence-electron chi connectivity index (χ0n) is 16.9. The summed E-state index contributed by atoms with van der Waals surface area (Å²) in [4.78, 5) is 0. The number of ether oxygens (including phenoxy) is 2. The molecule has 0 bridgehead atoms. The molecule has 0 radical (unpaired) electrons. The fraction of sp³-hybridized carbons (Fsp3) is 0.500. The molecule has 2 aromatic rings. The van der Waals surface area contributed by atoms with Crippen LogP contribution in [-0.4, -0.2) is 28.0 Å². The van der Waals surface area contributed by atoms with Gasteiger partial charge in [-0.05, 0) is 49.5 Å². The molecule has 1 aliphatic heterocycles. The molecule has 0 spiro atoms. The fourth-order valence-electron chi connectivity index (χ4n) is 3.26. The lowest BCUT2D eigenvalue weighted by Crippen LogP contribution is -2.06. The number of rotatable bonds is 7. The van der Waals surface area contributed by atoms with Crippen LogP contribution in [0.4, 0.5) is 0 Å². The molecule has 3 rings (SSSR count). The minimum atomic E-state index is 0.433. The maximum Gasteiger partial charge on any atom is 0.174 e. The first kappa shape index (κ1) is 19.9. The molecule has 0 aliphatic carbocycles. The minimum Gasteiger partial charge on any atom is -0.490 e. The van der Waals surface area contributed by atoms with E-state index in [1.165, 1.54) is 6.42 Å². The third-order valence-electron chi connectivity index (χ3n) is 4.62. The lowest BCUT2D eigenvalue weighted by Gasteiger charge is -2.14. The largest absolute Gasteiger partial charge is 0.490 e. The number of aromatic nitrogens is 3. The van der Waals surface area contributed by atoms with Crippen LogP contribution in [0, 0.1) is 17.2 Å². The number of nitrogens with zero attached hydrogens (tertiary/aromatic N) is 4. The highest BCUT2D eigenvalue weighted by Gasteiger charge is 2.18. The average Bonchev–Trinajstić information content (AvgIpc) is 2.93. The third-order valence-corrected chi connectivity index (χ3v) is 4.62. The van der Waals surface area contributed by atoms with Crippen LogP contribution < -0.4 is 9.47 Å². The molecule has 2 heterocycles. The maximum absolute atomic E-state index is 9.75. The number of fused-ring (bicyclic) bond motifs is 1. The predicted octanol–water partition coefficient (Wildman–Crippen LogP) is 4.50. The number of aryl methyl sites for hydroxylation is 1. The molecule has 6 nitrogen and oxygen atoms in total. The van der Waals surface area contributed by atoms with Crippen LogP contribution in [0.15, 0.2) is 18.2 Å². The van der Waals surface area contributed by atoms with Crippen LogP contribution in [0.2, 0.25) is 0 Å². The number of benzene rings is 1. The summed E-state index contributed by atoms with van der Waals surface area (Å²) in [6.45, 7) is 8.21. The molecular formula is C22H28N4O2. The molecule has 0 amide bonds. The van der Waals surface area contributed by atoms with Crippen LogP contribution in [0.5, 0.6) is 11.5 Å². The van der Waals surface area contributed by atoms with Gasteiger partial charge < -0.3 is 14.0 Å². The monoisotopic (exact) mass is 380 g/mol. The standard InChI is InChI=1S/C22H28N4O2/c1-4-27-20-13-17(9-10-19(20)28-15-16(2)3)12-18(14-23)22-25-24-21-8-6-5-7-11-26(21)22/h9-10,12-13,16H,4-8,11,15H2,1-3H3/b18-12+. The van der Waals surface area contributed by atoms with Gasteiger partial charge in [0.15, 0.2) is 17.3 Å². The van der Waals surface area contributed by atoms with E-state index in [9.17, 15) is 5.26 Å². The highest BCUT2D eigenvalue weighted by Crippen LogP contribution is 2.31. The van der Waals surface area contributed by atoms with Gasteiger partial charge in [-0.25, -0.2) is 0 Å². The van der Waals surface area contributed by atoms with Crippen molar-refractivity contribution in [1.29, 1.82) is 5.26 Å². The summed E-state index contributed by atoms with van der Waals surface area (Å²) in [6.07, 6.45) is 6.16. The van der Waals surface area contributed by atoms with Crippen LogP contribution in [0.1, 0.15) is 57.2 Å². The van der Waals surface area contributed by atoms with E-state index in [0.29, 0.717) is 36.3 Å². The van der Waals surface area contributed by atoms with Crippen molar-refractivity contribution in [2.24, 2.45) is 5.92 Å². The van der Waals surface area contributed by atoms with Gasteiger partial charge in [-0.15, -0.1) is 10.2 Å². The second-order valence-corrected chi connectivity index (χ2v) is 7.42. The van der Waals surface area contributed by atoms with Gasteiger partial charge >= 0.3 is 0 Å². The van der Waals surface area contributed by atoms with E-state index in [0.717, 1.165) is 42.9 Å². The van der Waals surface area contributed by atoms with Crippen molar-refractivity contribution in [3.8, 4) is 17.6 Å². The smallest absolute Gasteiger partial charge is 0.174 e. The van der Waals surface area contributed by atoms with Gasteiger partial charge in [0.05, 0.1) is 18.8 Å². The average molecular weight is 380 g/mol. The number of hydrogen-bond acceptors (Lipinski definition) is 5. The lowest BCUT2D eigenvalue weighted by atomic mass is 10.1. The summed E-state index contributed by atoms with van der Waals surface area (Å²) in [5, 5.41) is 18.4. The molecule has 28 heavy (non-hydrogen) atoms. The summed E-state index contributed by atoms with van der Waals surface area (Å²) in [5.41, 5.74) is 1.39. The Morgan fingerprint density at radius 1 is 1.21 bits per heavy atom. The molecule has 148 valence electrons. The second kappa shape index (κ2) is 9.41. The molecular weight excluding hydrogens is 352 g/mol. The molecule has 0 saturated heterocycles. The maximum atomic E-state index is 9.75. The highest BCUT2D eigenvalue weighted by atomic mass is 16.5. The van der Waals surface area contributed by atoms with E-state index in [-0.39, 0.29) is 0 Å². The SMILES string of the molecule is CCOc1cc(/C=C(\C#N)c2nnc3n2CCCCC3)ccc1OCC(C)C. The van der Waals surface area contributed by atoms with Crippen molar-refractivity contribution >= 4 is 11.6 Å². The van der Waals surface area contributed by atoms with Crippen LogP contribution in [0.3, 0.4) is 0 Å². The molecule has 0 unspecified atom stereocenters. The van der Waals surface area contributed by atoms with Gasteiger partial charge in [0.2, 0.25) is 0 Å². The van der Waals surface area contributed by atoms with Gasteiger partial charge in [0.25, 0.3) is 0 Å². The van der Waals surface area contributed by atoms with Crippen molar-refractivity contribution in [2.45, 2.75) is 53.0 Å². The predicted molar refractivity (Wildman–Crippen MR) is 109 cm³/mol. The van der Waals surface area contributed by atoms with Crippen LogP contribution >= 0.6 is 0 Å². The highest BCUT2D eigenvalue weighted by molar-refractivity contribution is 5.87. The molecule has 0 atom stereocenters. The van der Waals surface area contributed by atoms with Gasteiger partial charge in [0, 0.05) is 13.0 Å². The first-order valence-corrected chi connectivity index (χ1v) is 10.1. The molecule has 0 saturated carbocycles. The molecule has 1 aromatic carbocycles. The Hall–Kier alpha value is -2.81. The summed E-state index contributed by atoms with van der Waals surface area (Å²) in [5.74, 6) is 3.47. The van der Waals surface area contributed by atoms with Crippen molar-refractivity contribution in [1.82, 2.24) is 14.8 Å². The van der Waals surface area contributed by atoms with E-state index in [4.69, 9.17) is 9.47 Å². The minimum absolute atomic E-state index is 0.433. The first-order valence-electron chi connectivity index (χ1n) is 10.1. The van der Waals surface area contributed by atoms with Gasteiger partial charge in [-0.2, -0.15) is 5.26 Å². The molecule has 1 aliphatic rings. The van der Waals surface area contributed by atoms with E-state index in [2.05, 4.69) is 34.7 Å². The molecule has 6 heteroatoms. The Kier molecular flexibility index (Phi) is 6.70. The number of allylic oxidation sites excluding steroid dienone is 1. The Morgan fingerprint density at radius 3 is 2.82 bits per heavy atom. The first-order chi connectivity index (χ1) is 13.6. The summed E-state index contributed by atoms with van der Waals surface area (Å²) >= 11 is 0.